The third-order valence-electron chi connectivity index (χ3n) is 14.7. The van der Waals surface area contributed by atoms with Crippen molar-refractivity contribution in [3.63, 3.8) is 0 Å². The number of hydrogen-bond donors (Lipinski definition) is 5. The van der Waals surface area contributed by atoms with Crippen molar-refractivity contribution in [2.24, 2.45) is 17.8 Å². The van der Waals surface area contributed by atoms with Crippen LogP contribution in [0.4, 0.5) is 15.8 Å². The molecule has 7 aromatic rings. The van der Waals surface area contributed by atoms with E-state index in [1.807, 2.05) is 24.3 Å². The third kappa shape index (κ3) is 13.7. The molecular formula is C60H65BrFN5O8. The Hall–Kier alpha value is -6.78. The highest BCUT2D eigenvalue weighted by atomic mass is 79.9. The summed E-state index contributed by atoms with van der Waals surface area (Å²) >= 11 is 3.43. The molecule has 5 aliphatic rings. The Kier molecular flexibility index (Phi) is 17.8. The number of carbonyl (C=O) groups excluding carboxylic acids is 1. The van der Waals surface area contributed by atoms with Gasteiger partial charge in [-0.1, -0.05) is 107 Å². The molecule has 4 saturated heterocycles. The summed E-state index contributed by atoms with van der Waals surface area (Å²) in [5.74, 6) is -2.17. The molecule has 75 heavy (non-hydrogen) atoms. The molecule has 0 spiro atoms. The topological polar surface area (TPSA) is 164 Å². The number of likely N-dealkylation sites (tertiary alicyclic amines) is 1. The zero-order valence-electron chi connectivity index (χ0n) is 42.0. The van der Waals surface area contributed by atoms with Crippen molar-refractivity contribution in [2.45, 2.75) is 44.2 Å². The minimum Gasteiger partial charge on any atom is -0.486 e. The van der Waals surface area contributed by atoms with Crippen LogP contribution in [0.25, 0.3) is 32.3 Å². The minimum absolute atomic E-state index is 0.0745. The summed E-state index contributed by atoms with van der Waals surface area (Å²) < 4.78 is 26.9. The molecular weight excluding hydrogens is 1020 g/mol. The Morgan fingerprint density at radius 3 is 1.72 bits per heavy atom. The SMILES string of the molecule is Brc1ccc2ccccc2c1.O=C(N[C@H](CN1CCCC1)[C@H](O)c1cc(F)c2c(c1)OCCO2)[C@@H]1CCN(c2ccc3ccccc3c2)C1.O=C(O)[C@@H]1CCN(c2ccc3ccccc3c2)C1.O=C(O)[C@@H]1CCNC1. The number of carboxylic acid groups (broad SMARTS) is 2. The van der Waals surface area contributed by atoms with Crippen LogP contribution in [0.5, 0.6) is 11.5 Å². The quantitative estimate of drug-likeness (QED) is 0.0883. The summed E-state index contributed by atoms with van der Waals surface area (Å²) in [6.45, 7) is 7.34. The fourth-order valence-corrected chi connectivity index (χ4v) is 10.9. The van der Waals surface area contributed by atoms with E-state index in [0.29, 0.717) is 44.1 Å². The molecule has 7 aromatic carbocycles. The van der Waals surface area contributed by atoms with Gasteiger partial charge < -0.3 is 50.1 Å². The second-order valence-electron chi connectivity index (χ2n) is 19.9. The van der Waals surface area contributed by atoms with Gasteiger partial charge in [-0.25, -0.2) is 4.39 Å². The zero-order valence-corrected chi connectivity index (χ0v) is 43.5. The summed E-state index contributed by atoms with van der Waals surface area (Å²) in [4.78, 5) is 41.2. The van der Waals surface area contributed by atoms with Crippen LogP contribution in [0.3, 0.4) is 0 Å². The summed E-state index contributed by atoms with van der Waals surface area (Å²) in [5.41, 5.74) is 2.61. The third-order valence-corrected chi connectivity index (χ3v) is 15.2. The van der Waals surface area contributed by atoms with Crippen molar-refractivity contribution >= 4 is 77.5 Å². The van der Waals surface area contributed by atoms with Gasteiger partial charge >= 0.3 is 11.9 Å². The fourth-order valence-electron chi connectivity index (χ4n) is 10.5. The van der Waals surface area contributed by atoms with Gasteiger partial charge in [-0.2, -0.15) is 0 Å². The number of carboxylic acids is 2. The average molecular weight is 1080 g/mol. The lowest BCUT2D eigenvalue weighted by Crippen LogP contribution is -2.48. The van der Waals surface area contributed by atoms with Gasteiger partial charge in [-0.05, 0) is 138 Å². The molecule has 0 aliphatic carbocycles. The lowest BCUT2D eigenvalue weighted by molar-refractivity contribution is -0.141. The average Bonchev–Trinajstić information content (AvgIpc) is 4.31. The number of carbonyl (C=O) groups is 3. The minimum atomic E-state index is -1.08. The number of halogens is 2. The van der Waals surface area contributed by atoms with Crippen molar-refractivity contribution in [1.82, 2.24) is 15.5 Å². The number of hydrogen-bond acceptors (Lipinski definition) is 10. The van der Waals surface area contributed by atoms with Crippen LogP contribution in [0.15, 0.2) is 144 Å². The highest BCUT2D eigenvalue weighted by molar-refractivity contribution is 9.10. The van der Waals surface area contributed by atoms with Crippen LogP contribution < -0.4 is 29.9 Å². The number of ether oxygens (including phenoxy) is 2. The molecule has 12 rings (SSSR count). The second kappa shape index (κ2) is 25.2. The first-order valence-electron chi connectivity index (χ1n) is 26.0. The van der Waals surface area contributed by atoms with Gasteiger partial charge in [0.15, 0.2) is 17.3 Å². The molecule has 0 unspecified atom stereocenters. The number of aliphatic carboxylic acids is 2. The smallest absolute Gasteiger partial charge is 0.308 e. The van der Waals surface area contributed by atoms with E-state index < -0.39 is 29.9 Å². The molecule has 4 fully saturated rings. The van der Waals surface area contributed by atoms with Crippen LogP contribution in [-0.4, -0.2) is 116 Å². The van der Waals surface area contributed by atoms with Crippen molar-refractivity contribution in [2.75, 3.05) is 81.9 Å². The normalized spacial score (nSPS) is 19.8. The lowest BCUT2D eigenvalue weighted by Gasteiger charge is -2.30. The summed E-state index contributed by atoms with van der Waals surface area (Å²) in [7, 11) is 0. The first-order valence-corrected chi connectivity index (χ1v) is 26.8. The number of aliphatic hydroxyl groups is 1. The van der Waals surface area contributed by atoms with E-state index in [2.05, 4.69) is 144 Å². The van der Waals surface area contributed by atoms with Gasteiger partial charge in [0.1, 0.15) is 19.3 Å². The number of rotatable bonds is 10. The maximum atomic E-state index is 14.8. The Balaban J connectivity index is 0.000000151. The predicted molar refractivity (Wildman–Crippen MR) is 296 cm³/mol. The molecule has 0 aromatic heterocycles. The standard InChI is InChI=1S/C30H34FN3O4.C15H15NO2.C10H7Br.C5H9NO2/c31-25-16-23(17-27-29(25)38-14-13-37-27)28(35)26(19-33-10-3-4-11-33)32-30(36)22-9-12-34(18-22)24-8-7-20-5-1-2-6-21(20)15-24;17-15(18)13-7-8-16(10-13)14-6-5-11-3-1-2-4-12(11)9-14;11-10-6-5-8-3-1-2-4-9(8)7-10;7-5(8)4-1-2-6-3-4/h1-2,5-8,15-17,22,26,28,35H,3-4,9-14,18-19H2,(H,32,36);1-6,9,13H,7-8,10H2,(H,17,18);1-7H;4,6H,1-3H2,(H,7,8)/t22-,26-,28-;13-;;4-/m11.1/s1. The molecule has 5 heterocycles. The van der Waals surface area contributed by atoms with Crippen molar-refractivity contribution in [3.05, 3.63) is 155 Å². The molecule has 15 heteroatoms. The van der Waals surface area contributed by atoms with E-state index in [-0.39, 0.29) is 36.0 Å². The van der Waals surface area contributed by atoms with Crippen molar-refractivity contribution < 1.29 is 43.6 Å². The maximum Gasteiger partial charge on any atom is 0.308 e. The van der Waals surface area contributed by atoms with Crippen LogP contribution in [0.2, 0.25) is 0 Å². The van der Waals surface area contributed by atoms with Crippen LogP contribution >= 0.6 is 15.9 Å². The van der Waals surface area contributed by atoms with Gasteiger partial charge in [0.2, 0.25) is 5.91 Å². The molecule has 0 radical (unpaired) electrons. The molecule has 0 saturated carbocycles. The number of anilines is 2. The zero-order chi connectivity index (χ0) is 52.3. The van der Waals surface area contributed by atoms with Crippen molar-refractivity contribution in [3.8, 4) is 11.5 Å². The molecule has 392 valence electrons. The summed E-state index contributed by atoms with van der Waals surface area (Å²) in [6, 6.07) is 46.2. The van der Waals surface area contributed by atoms with Gasteiger partial charge in [-0.15, -0.1) is 0 Å². The second-order valence-corrected chi connectivity index (χ2v) is 20.8. The fraction of sp³-hybridized carbons (Fsp3) is 0.350. The first-order chi connectivity index (χ1) is 36.4. The molecule has 5 atom stereocenters. The van der Waals surface area contributed by atoms with Crippen molar-refractivity contribution in [1.29, 1.82) is 0 Å². The number of nitrogens with one attached hydrogen (secondary N) is 2. The van der Waals surface area contributed by atoms with Crippen LogP contribution in [-0.2, 0) is 14.4 Å². The first kappa shape index (κ1) is 53.1. The van der Waals surface area contributed by atoms with Gasteiger partial charge in [0.25, 0.3) is 0 Å². The van der Waals surface area contributed by atoms with E-state index in [4.69, 9.17) is 19.7 Å². The molecule has 0 bridgehead atoms. The highest BCUT2D eigenvalue weighted by Gasteiger charge is 2.34. The van der Waals surface area contributed by atoms with Gasteiger partial charge in [-0.3, -0.25) is 14.4 Å². The number of nitrogens with zero attached hydrogens (tertiary/aromatic N) is 3. The van der Waals surface area contributed by atoms with E-state index in [0.717, 1.165) is 80.7 Å². The lowest BCUT2D eigenvalue weighted by atomic mass is 9.99. The largest absolute Gasteiger partial charge is 0.486 e. The Labute approximate surface area is 445 Å². The Bertz CT molecular complexity index is 3100. The Morgan fingerprint density at radius 1 is 0.640 bits per heavy atom. The summed E-state index contributed by atoms with van der Waals surface area (Å²) in [6.07, 6.45) is 3.38. The monoisotopic (exact) mass is 1080 g/mol. The maximum absolute atomic E-state index is 14.8. The molecule has 13 nitrogen and oxygen atoms in total. The van der Waals surface area contributed by atoms with E-state index in [9.17, 15) is 23.9 Å². The van der Waals surface area contributed by atoms with Crippen LogP contribution in [0.1, 0.15) is 43.8 Å². The predicted octanol–water partition coefficient (Wildman–Crippen LogP) is 9.92. The number of aliphatic hydroxyl groups excluding tert-OH is 1. The number of amides is 1. The van der Waals surface area contributed by atoms with Gasteiger partial charge in [0, 0.05) is 55.1 Å². The molecule has 5 aliphatic heterocycles. The number of fused-ring (bicyclic) bond motifs is 4. The van der Waals surface area contributed by atoms with Gasteiger partial charge in [0.05, 0.1) is 23.8 Å². The van der Waals surface area contributed by atoms with E-state index >= 15 is 0 Å². The molecule has 1 amide bonds. The van der Waals surface area contributed by atoms with E-state index in [1.165, 1.54) is 38.4 Å². The Morgan fingerprint density at radius 2 is 1.17 bits per heavy atom. The molecule has 5 N–H and O–H groups in total. The highest BCUT2D eigenvalue weighted by Crippen LogP contribution is 2.37. The summed E-state index contributed by atoms with van der Waals surface area (Å²) in [5, 5.41) is 42.2. The van der Waals surface area contributed by atoms with E-state index in [1.54, 1.807) is 6.07 Å². The number of benzene rings is 7. The van der Waals surface area contributed by atoms with Crippen LogP contribution in [0, 0.1) is 23.6 Å².